The molecule has 2 aliphatic rings. The highest BCUT2D eigenvalue weighted by atomic mass is 16.6. The maximum Gasteiger partial charge on any atom is 0.308 e. The molecule has 4 heteroatoms. The van der Waals surface area contributed by atoms with Crippen molar-refractivity contribution in [2.75, 3.05) is 7.11 Å². The molecule has 0 aromatic carbocycles. The van der Waals surface area contributed by atoms with Gasteiger partial charge in [0.05, 0.1) is 19.4 Å². The summed E-state index contributed by atoms with van der Waals surface area (Å²) < 4.78 is 10.6. The maximum absolute atomic E-state index is 12.2. The van der Waals surface area contributed by atoms with Crippen molar-refractivity contribution in [3.63, 3.8) is 0 Å². The van der Waals surface area contributed by atoms with E-state index in [1.165, 1.54) is 18.3 Å². The number of rotatable bonds is 1. The van der Waals surface area contributed by atoms with Crippen molar-refractivity contribution in [2.24, 2.45) is 11.3 Å². The van der Waals surface area contributed by atoms with E-state index in [-0.39, 0.29) is 29.4 Å². The Hall–Kier alpha value is -1.58. The molecule has 1 heterocycles. The van der Waals surface area contributed by atoms with Crippen molar-refractivity contribution in [2.45, 2.75) is 78.2 Å². The van der Waals surface area contributed by atoms with Gasteiger partial charge in [-0.3, -0.25) is 9.59 Å². The van der Waals surface area contributed by atoms with E-state index < -0.39 is 0 Å². The third-order valence-corrected chi connectivity index (χ3v) is 5.76. The van der Waals surface area contributed by atoms with Crippen molar-refractivity contribution in [1.29, 1.82) is 0 Å². The Morgan fingerprint density at radius 1 is 1.20 bits per heavy atom. The molecule has 2 rings (SSSR count). The van der Waals surface area contributed by atoms with Crippen molar-refractivity contribution < 1.29 is 19.1 Å². The molecule has 1 saturated heterocycles. The molecular weight excluding hydrogens is 316 g/mol. The minimum absolute atomic E-state index is 0.141. The van der Waals surface area contributed by atoms with Gasteiger partial charge in [-0.05, 0) is 58.8 Å². The zero-order valence-corrected chi connectivity index (χ0v) is 16.1. The number of fused-ring (bicyclic) bond motifs is 1. The fraction of sp³-hybridized carbons (Fsp3) is 0.714. The molecule has 0 radical (unpaired) electrons. The fourth-order valence-corrected chi connectivity index (χ4v) is 3.93. The second-order valence-electron chi connectivity index (χ2n) is 7.98. The highest BCUT2D eigenvalue weighted by Gasteiger charge is 2.46. The summed E-state index contributed by atoms with van der Waals surface area (Å²) in [6.45, 7) is 6.43. The summed E-state index contributed by atoms with van der Waals surface area (Å²) in [6.07, 6.45) is 10.9. The predicted molar refractivity (Wildman–Crippen MR) is 97.9 cm³/mol. The highest BCUT2D eigenvalue weighted by Crippen LogP contribution is 2.43. The van der Waals surface area contributed by atoms with E-state index in [4.69, 9.17) is 9.47 Å². The van der Waals surface area contributed by atoms with Gasteiger partial charge in [-0.15, -0.1) is 0 Å². The number of methoxy groups -OCH3 is 1. The first-order valence-electron chi connectivity index (χ1n) is 9.42. The molecule has 140 valence electrons. The molecule has 0 amide bonds. The van der Waals surface area contributed by atoms with E-state index in [0.717, 1.165) is 38.5 Å². The van der Waals surface area contributed by atoms with E-state index in [1.807, 2.05) is 0 Å². The summed E-state index contributed by atoms with van der Waals surface area (Å²) in [5.41, 5.74) is 2.51. The number of carbonyl (C=O) groups is 2. The smallest absolute Gasteiger partial charge is 0.308 e. The fourth-order valence-electron chi connectivity index (χ4n) is 3.93. The van der Waals surface area contributed by atoms with Crippen molar-refractivity contribution >= 4 is 11.9 Å². The first-order valence-corrected chi connectivity index (χ1v) is 9.42. The number of hydrogen-bond donors (Lipinski definition) is 0. The topological polar surface area (TPSA) is 52.6 Å². The van der Waals surface area contributed by atoms with Gasteiger partial charge in [0.2, 0.25) is 0 Å². The van der Waals surface area contributed by atoms with Gasteiger partial charge in [-0.2, -0.15) is 0 Å². The van der Waals surface area contributed by atoms with Crippen LogP contribution in [0.2, 0.25) is 0 Å². The van der Waals surface area contributed by atoms with Crippen LogP contribution in [0.1, 0.15) is 72.1 Å². The standard InChI is InChI=1S/C21H32O4/c1-15-7-5-8-16(2)10-11-17(20(23)24-4)13-18-21(3,12-6-9-15)14-19(22)25-18/h8-9,17-18H,5-7,10-14H2,1-4H3/b15-9+,16-8+/t17-,18-,21-/m0/s1. The van der Waals surface area contributed by atoms with Crippen LogP contribution in [-0.2, 0) is 19.1 Å². The van der Waals surface area contributed by atoms with Crippen molar-refractivity contribution in [3.05, 3.63) is 23.3 Å². The van der Waals surface area contributed by atoms with Gasteiger partial charge in [0.25, 0.3) is 0 Å². The number of esters is 2. The summed E-state index contributed by atoms with van der Waals surface area (Å²) in [4.78, 5) is 24.2. The average molecular weight is 348 g/mol. The zero-order valence-electron chi connectivity index (χ0n) is 16.1. The normalized spacial score (nSPS) is 36.1. The van der Waals surface area contributed by atoms with Crippen LogP contribution in [0.15, 0.2) is 23.3 Å². The molecule has 1 fully saturated rings. The van der Waals surface area contributed by atoms with Crippen LogP contribution in [-0.4, -0.2) is 25.2 Å². The molecule has 4 nitrogen and oxygen atoms in total. The Kier molecular flexibility index (Phi) is 6.86. The molecule has 0 aromatic rings. The minimum Gasteiger partial charge on any atom is -0.469 e. The van der Waals surface area contributed by atoms with Crippen LogP contribution in [0.3, 0.4) is 0 Å². The molecule has 1 aliphatic heterocycles. The van der Waals surface area contributed by atoms with E-state index >= 15 is 0 Å². The molecule has 0 N–H and O–H groups in total. The third kappa shape index (κ3) is 5.45. The summed E-state index contributed by atoms with van der Waals surface area (Å²) in [7, 11) is 1.43. The molecular formula is C21H32O4. The van der Waals surface area contributed by atoms with E-state index in [0.29, 0.717) is 12.8 Å². The Balaban J connectivity index is 2.23. The van der Waals surface area contributed by atoms with Gasteiger partial charge < -0.3 is 9.47 Å². The van der Waals surface area contributed by atoms with Crippen LogP contribution < -0.4 is 0 Å². The maximum atomic E-state index is 12.2. The largest absolute Gasteiger partial charge is 0.469 e. The molecule has 3 atom stereocenters. The lowest BCUT2D eigenvalue weighted by atomic mass is 9.75. The first-order chi connectivity index (χ1) is 11.8. The predicted octanol–water partition coefficient (Wildman–Crippen LogP) is 4.73. The van der Waals surface area contributed by atoms with Crippen LogP contribution in [0.5, 0.6) is 0 Å². The lowest BCUT2D eigenvalue weighted by Gasteiger charge is -2.30. The molecule has 1 aliphatic carbocycles. The van der Waals surface area contributed by atoms with Crippen molar-refractivity contribution in [1.82, 2.24) is 0 Å². The van der Waals surface area contributed by atoms with Gasteiger partial charge >= 0.3 is 11.9 Å². The molecule has 0 saturated carbocycles. The summed E-state index contributed by atoms with van der Waals surface area (Å²) in [6, 6.07) is 0. The summed E-state index contributed by atoms with van der Waals surface area (Å²) in [5.74, 6) is -0.554. The molecule has 25 heavy (non-hydrogen) atoms. The minimum atomic E-state index is -0.219. The second-order valence-corrected chi connectivity index (χ2v) is 7.98. The monoisotopic (exact) mass is 348 g/mol. The molecule has 0 bridgehead atoms. The Labute approximate surface area is 151 Å². The first kappa shape index (κ1) is 19.7. The zero-order chi connectivity index (χ0) is 18.4. The van der Waals surface area contributed by atoms with Gasteiger partial charge in [0.15, 0.2) is 0 Å². The van der Waals surface area contributed by atoms with Gasteiger partial charge in [-0.1, -0.05) is 30.2 Å². The quantitative estimate of drug-likeness (QED) is 0.507. The Morgan fingerprint density at radius 2 is 1.88 bits per heavy atom. The van der Waals surface area contributed by atoms with E-state index in [9.17, 15) is 9.59 Å². The second kappa shape index (κ2) is 8.68. The lowest BCUT2D eigenvalue weighted by Crippen LogP contribution is -2.32. The summed E-state index contributed by atoms with van der Waals surface area (Å²) in [5, 5.41) is 0. The Morgan fingerprint density at radius 3 is 2.60 bits per heavy atom. The number of allylic oxidation sites excluding steroid dienone is 4. The van der Waals surface area contributed by atoms with Crippen LogP contribution >= 0.6 is 0 Å². The van der Waals surface area contributed by atoms with E-state index in [1.54, 1.807) is 0 Å². The van der Waals surface area contributed by atoms with E-state index in [2.05, 4.69) is 32.9 Å². The number of hydrogen-bond acceptors (Lipinski definition) is 4. The SMILES string of the molecule is COC(=O)[C@H]1CC/C(C)=C/CC/C(C)=C/CC[C@@]2(C)CC(=O)O[C@H]2C1. The third-order valence-electron chi connectivity index (χ3n) is 5.76. The van der Waals surface area contributed by atoms with Gasteiger partial charge in [-0.25, -0.2) is 0 Å². The number of ether oxygens (including phenoxy) is 2. The van der Waals surface area contributed by atoms with Crippen LogP contribution in [0.25, 0.3) is 0 Å². The highest BCUT2D eigenvalue weighted by molar-refractivity contribution is 5.74. The van der Waals surface area contributed by atoms with Gasteiger partial charge in [0, 0.05) is 5.41 Å². The molecule has 0 aromatic heterocycles. The lowest BCUT2D eigenvalue weighted by molar-refractivity contribution is -0.150. The van der Waals surface area contributed by atoms with Crippen LogP contribution in [0, 0.1) is 11.3 Å². The Bertz CT molecular complexity index is 560. The van der Waals surface area contributed by atoms with Gasteiger partial charge in [0.1, 0.15) is 6.10 Å². The van der Waals surface area contributed by atoms with Crippen LogP contribution in [0.4, 0.5) is 0 Å². The molecule has 0 spiro atoms. The number of carbonyl (C=O) groups excluding carboxylic acids is 2. The van der Waals surface area contributed by atoms with Crippen molar-refractivity contribution in [3.8, 4) is 0 Å². The summed E-state index contributed by atoms with van der Waals surface area (Å²) >= 11 is 0. The average Bonchev–Trinajstić information content (AvgIpc) is 2.83. The molecule has 0 unspecified atom stereocenters.